The summed E-state index contributed by atoms with van der Waals surface area (Å²) in [6.45, 7) is 15.6. The summed E-state index contributed by atoms with van der Waals surface area (Å²) >= 11 is 1.63. The molecule has 258 valence electrons. The third-order valence-corrected chi connectivity index (χ3v) is 7.83. The maximum Gasteiger partial charge on any atom is 1.00 e. The Morgan fingerprint density at radius 3 is 2.53 bits per heavy atom. The number of nitrogens with one attached hydrogen (secondary N) is 3. The number of aromatic nitrogens is 4. The van der Waals surface area contributed by atoms with Gasteiger partial charge in [-0.1, -0.05) is 26.3 Å². The third-order valence-electron chi connectivity index (χ3n) is 7.40. The fourth-order valence-electron chi connectivity index (χ4n) is 4.85. The number of hydrogen-bond acceptors (Lipinski definition) is 10. The Hall–Kier alpha value is -0.382. The molecule has 1 fully saturated rings. The van der Waals surface area contributed by atoms with E-state index in [1.807, 2.05) is 30.2 Å². The summed E-state index contributed by atoms with van der Waals surface area (Å²) in [5, 5.41) is 14.3. The van der Waals surface area contributed by atoms with Gasteiger partial charge in [0.05, 0.1) is 54.9 Å². The minimum absolute atomic E-state index is 0. The van der Waals surface area contributed by atoms with Gasteiger partial charge in [-0.3, -0.25) is 9.48 Å². The molecule has 2 aromatic heterocycles. The Kier molecular flexibility index (Phi) is 26.2. The van der Waals surface area contributed by atoms with Crippen molar-refractivity contribution in [3.8, 4) is 0 Å². The van der Waals surface area contributed by atoms with E-state index in [2.05, 4.69) is 56.3 Å². The quantitative estimate of drug-likeness (QED) is 0.0868. The van der Waals surface area contributed by atoms with Crippen LogP contribution in [0.15, 0.2) is 60.5 Å². The number of piperazine rings is 1. The fourth-order valence-corrected chi connectivity index (χ4v) is 5.13. The van der Waals surface area contributed by atoms with Gasteiger partial charge in [0.25, 0.3) is 0 Å². The number of nitrogens with zero attached hydrogens (tertiary/aromatic N) is 6. The van der Waals surface area contributed by atoms with E-state index in [1.165, 1.54) is 11.6 Å². The van der Waals surface area contributed by atoms with Gasteiger partial charge in [0.2, 0.25) is 11.9 Å². The average Bonchev–Trinajstić information content (AvgIpc) is 3.46. The smallest absolute Gasteiger partial charge is 0.383 e. The number of hydrogen-bond donors (Lipinski definition) is 3. The summed E-state index contributed by atoms with van der Waals surface area (Å²) in [6, 6.07) is 3.16. The SMILES string of the molecule is C=C/C=C(CC)\C([CH2-])=C/C.CNCC(=O)N1CCN(c2cnc(Nc3cc4c(cnn4CCOC)cc3F)nc2NCSC)CC1.[CH3-].[Cs+].[K+]. The van der Waals surface area contributed by atoms with E-state index in [1.54, 1.807) is 55.1 Å². The molecule has 1 aromatic carbocycles. The first-order valence-corrected chi connectivity index (χ1v) is 16.7. The molecule has 0 unspecified atom stereocenters. The van der Waals surface area contributed by atoms with Crippen molar-refractivity contribution in [2.24, 2.45) is 0 Å². The molecule has 0 spiro atoms. The van der Waals surface area contributed by atoms with E-state index < -0.39 is 5.82 Å². The van der Waals surface area contributed by atoms with Crippen LogP contribution in [0.3, 0.4) is 0 Å². The minimum atomic E-state index is -0.414. The van der Waals surface area contributed by atoms with Crippen molar-refractivity contribution in [3.63, 3.8) is 0 Å². The molecule has 0 atom stereocenters. The number of methoxy groups -OCH3 is 1. The first-order chi connectivity index (χ1) is 22.3. The molecule has 15 heteroatoms. The molecule has 3 aromatic rings. The molecule has 0 saturated carbocycles. The molecule has 3 heterocycles. The molecule has 3 N–H and O–H groups in total. The number of carbonyl (C=O) groups excluding carboxylic acids is 1. The second kappa shape index (κ2) is 26.4. The van der Waals surface area contributed by atoms with Crippen molar-refractivity contribution in [3.05, 3.63) is 80.6 Å². The first-order valence-electron chi connectivity index (χ1n) is 15.3. The summed E-state index contributed by atoms with van der Waals surface area (Å²) in [6.07, 6.45) is 12.2. The zero-order valence-electron chi connectivity index (χ0n) is 30.6. The summed E-state index contributed by atoms with van der Waals surface area (Å²) in [5.41, 5.74) is 4.27. The molecule has 1 aliphatic heterocycles. The van der Waals surface area contributed by atoms with Crippen molar-refractivity contribution < 1.29 is 134 Å². The topological polar surface area (TPSA) is 112 Å². The molecule has 4 rings (SSSR count). The number of halogens is 1. The van der Waals surface area contributed by atoms with Gasteiger partial charge in [-0.15, -0.1) is 30.0 Å². The number of rotatable bonds is 14. The van der Waals surface area contributed by atoms with E-state index in [4.69, 9.17) is 4.74 Å². The van der Waals surface area contributed by atoms with E-state index in [9.17, 15) is 9.18 Å². The summed E-state index contributed by atoms with van der Waals surface area (Å²) in [4.78, 5) is 25.3. The van der Waals surface area contributed by atoms with Crippen LogP contribution < -0.4 is 141 Å². The van der Waals surface area contributed by atoms with Crippen molar-refractivity contribution >= 4 is 51.7 Å². The van der Waals surface area contributed by atoms with Crippen LogP contribution in [0.2, 0.25) is 0 Å². The first kappa shape index (κ1) is 48.6. The number of anilines is 4. The van der Waals surface area contributed by atoms with Crippen molar-refractivity contribution in [1.29, 1.82) is 0 Å². The van der Waals surface area contributed by atoms with Gasteiger partial charge in [-0.25, -0.2) is 9.37 Å². The van der Waals surface area contributed by atoms with Gasteiger partial charge in [0.15, 0.2) is 5.82 Å². The summed E-state index contributed by atoms with van der Waals surface area (Å²) in [5.74, 6) is 1.27. The second-order valence-electron chi connectivity index (χ2n) is 10.4. The number of thioether (sulfide) groups is 1. The predicted molar refractivity (Wildman–Crippen MR) is 196 cm³/mol. The number of amides is 1. The number of carbonyl (C=O) groups is 1. The van der Waals surface area contributed by atoms with Crippen LogP contribution >= 0.6 is 11.8 Å². The van der Waals surface area contributed by atoms with Crippen LogP contribution in [0, 0.1) is 20.2 Å². The predicted octanol–water partition coefficient (Wildman–Crippen LogP) is -0.297. The van der Waals surface area contributed by atoms with Gasteiger partial charge in [-0.05, 0) is 25.4 Å². The Morgan fingerprint density at radius 1 is 1.22 bits per heavy atom. The van der Waals surface area contributed by atoms with Crippen LogP contribution in [-0.2, 0) is 16.1 Å². The van der Waals surface area contributed by atoms with Gasteiger partial charge >= 0.3 is 120 Å². The molecule has 1 saturated heterocycles. The van der Waals surface area contributed by atoms with E-state index >= 15 is 0 Å². The van der Waals surface area contributed by atoms with Gasteiger partial charge in [0.1, 0.15) is 5.82 Å². The molecule has 0 radical (unpaired) electrons. The monoisotopic (exact) mass is 839 g/mol. The molecule has 1 amide bonds. The van der Waals surface area contributed by atoms with E-state index in [0.717, 1.165) is 23.2 Å². The van der Waals surface area contributed by atoms with E-state index in [0.29, 0.717) is 63.0 Å². The van der Waals surface area contributed by atoms with Crippen LogP contribution in [0.25, 0.3) is 10.9 Å². The average molecular weight is 840 g/mol. The van der Waals surface area contributed by atoms with E-state index in [-0.39, 0.29) is 145 Å². The molecule has 1 aliphatic rings. The Morgan fingerprint density at radius 2 is 1.94 bits per heavy atom. The number of likely N-dealkylation sites (N-methyl/N-ethyl adjacent to an activating group) is 1. The standard InChI is InChI=1S/C23H32FN9O2S.C10H15.CH3.Cs.K/c1-25-14-21(34)32-6-4-31(5-7-32)20-13-26-23(30-22(20)27-15-36-3)29-18-11-19-16(10-17(18)24)12-28-33(19)8-9-35-2;1-5-8-10(7-3)9(4)6-2;;;/h10-13,25H,4-9,14-15H2,1-3H3,(H2,26,27,29,30);5-6,8H,1,4,7H2,2-3H3;1H3;;/q;2*-1;2*+1/b;9-6-,10-8-;;;. The van der Waals surface area contributed by atoms with Crippen LogP contribution in [0.1, 0.15) is 20.3 Å². The Labute approximate surface area is 398 Å². The largest absolute Gasteiger partial charge is 1.00 e. The summed E-state index contributed by atoms with van der Waals surface area (Å²) in [7, 11) is 3.40. The number of fused-ring (bicyclic) bond motifs is 1. The zero-order chi connectivity index (χ0) is 33.5. The van der Waals surface area contributed by atoms with Crippen molar-refractivity contribution in [1.82, 2.24) is 30.0 Å². The maximum atomic E-state index is 14.9. The van der Waals surface area contributed by atoms with Crippen molar-refractivity contribution in [2.45, 2.75) is 26.8 Å². The molecule has 11 nitrogen and oxygen atoms in total. The molecular weight excluding hydrogens is 790 g/mol. The Balaban J connectivity index is 0.00000155. The van der Waals surface area contributed by atoms with Gasteiger partial charge in [-0.2, -0.15) is 28.7 Å². The molecular formula is C34H50CsFKN9O2S. The second-order valence-corrected chi connectivity index (χ2v) is 11.3. The minimum Gasteiger partial charge on any atom is -0.383 e. The molecule has 0 bridgehead atoms. The fraction of sp³-hybridized carbons (Fsp3) is 0.412. The zero-order valence-corrected chi connectivity index (χ0v) is 40.8. The third kappa shape index (κ3) is 14.9. The number of allylic oxidation sites excluding steroid dienone is 5. The molecule has 49 heavy (non-hydrogen) atoms. The van der Waals surface area contributed by atoms with Crippen molar-refractivity contribution in [2.75, 3.05) is 81.2 Å². The van der Waals surface area contributed by atoms with Gasteiger partial charge in [0, 0.05) is 38.7 Å². The van der Waals surface area contributed by atoms with Gasteiger partial charge < -0.3 is 37.9 Å². The molecule has 0 aliphatic carbocycles. The summed E-state index contributed by atoms with van der Waals surface area (Å²) < 4.78 is 21.8. The van der Waals surface area contributed by atoms with Crippen LogP contribution in [-0.4, -0.2) is 96.2 Å². The number of benzene rings is 1. The van der Waals surface area contributed by atoms with Crippen LogP contribution in [0.5, 0.6) is 0 Å². The number of ether oxygens (including phenoxy) is 1. The normalized spacial score (nSPS) is 12.9. The van der Waals surface area contributed by atoms with Crippen LogP contribution in [0.4, 0.5) is 27.5 Å². The maximum absolute atomic E-state index is 14.9. The Bertz CT molecular complexity index is 1510.